The summed E-state index contributed by atoms with van der Waals surface area (Å²) in [6.45, 7) is 4.75. The number of nitrogens with zero attached hydrogens (tertiary/aromatic N) is 1. The van der Waals surface area contributed by atoms with Gasteiger partial charge in [-0.05, 0) is 175 Å². The maximum absolute atomic E-state index is 2.54. The first-order valence-electron chi connectivity index (χ1n) is 29.8. The molecule has 1 nitrogen and oxygen atoms in total. The number of rotatable bonds is 7. The summed E-state index contributed by atoms with van der Waals surface area (Å²) in [5.74, 6) is 0. The monoisotopic (exact) mass is 1070 g/mol. The topological polar surface area (TPSA) is 4.93 Å². The molecule has 0 N–H and O–H groups in total. The second kappa shape index (κ2) is 20.0. The van der Waals surface area contributed by atoms with E-state index in [-0.39, 0.29) is 5.41 Å². The van der Waals surface area contributed by atoms with Crippen molar-refractivity contribution in [1.82, 2.24) is 4.57 Å². The van der Waals surface area contributed by atoms with E-state index in [4.69, 9.17) is 0 Å². The molecule has 0 unspecified atom stereocenters. The SMILES string of the molecule is CCC1(CC)c2cc(-c3c4ccccc4c(-c4ccccc4)c4ccccc34)ccc2-c2ccc(-n3c4ccccc4c4ccccc43)cc21.c1ccc2c(-c3c4ccccc4c(-c4cccc5ccccc45)c4ccccc34)cccc2c1. The van der Waals surface area contributed by atoms with Gasteiger partial charge in [0.25, 0.3) is 0 Å². The van der Waals surface area contributed by atoms with Crippen molar-refractivity contribution in [3.63, 3.8) is 0 Å². The lowest BCUT2D eigenvalue weighted by atomic mass is 9.73. The Morgan fingerprint density at radius 1 is 0.250 bits per heavy atom. The van der Waals surface area contributed by atoms with Crippen LogP contribution in [0.2, 0.25) is 0 Å². The molecule has 0 bridgehead atoms. The van der Waals surface area contributed by atoms with Gasteiger partial charge in [0.05, 0.1) is 11.0 Å². The maximum atomic E-state index is 2.54. The van der Waals surface area contributed by atoms with Crippen LogP contribution in [0.1, 0.15) is 37.8 Å². The van der Waals surface area contributed by atoms with Crippen molar-refractivity contribution in [2.24, 2.45) is 0 Å². The zero-order valence-electron chi connectivity index (χ0n) is 47.2. The fraction of sp³-hybridized carbons (Fsp3) is 0.0602. The summed E-state index contributed by atoms with van der Waals surface area (Å²) in [7, 11) is 0. The van der Waals surface area contributed by atoms with E-state index in [1.54, 1.807) is 0 Å². The molecule has 0 radical (unpaired) electrons. The summed E-state index contributed by atoms with van der Waals surface area (Å²) in [5, 5.41) is 18.1. The van der Waals surface area contributed by atoms with Gasteiger partial charge in [0.2, 0.25) is 0 Å². The average molecular weight is 1070 g/mol. The largest absolute Gasteiger partial charge is 0.309 e. The molecule has 1 heteroatoms. The molecule has 0 fully saturated rings. The Morgan fingerprint density at radius 2 is 0.595 bits per heavy atom. The predicted molar refractivity (Wildman–Crippen MR) is 361 cm³/mol. The summed E-state index contributed by atoms with van der Waals surface area (Å²) in [6.07, 6.45) is 2.08. The number of fused-ring (bicyclic) bond motifs is 12. The van der Waals surface area contributed by atoms with Crippen molar-refractivity contribution in [2.45, 2.75) is 32.1 Å². The third-order valence-electron chi connectivity index (χ3n) is 18.7. The summed E-state index contributed by atoms with van der Waals surface area (Å²) in [6, 6.07) is 110. The molecule has 84 heavy (non-hydrogen) atoms. The smallest absolute Gasteiger partial charge is 0.0541 e. The van der Waals surface area contributed by atoms with Crippen LogP contribution < -0.4 is 0 Å². The van der Waals surface area contributed by atoms with Crippen LogP contribution in [-0.2, 0) is 5.41 Å². The summed E-state index contributed by atoms with van der Waals surface area (Å²) in [5.41, 5.74) is 19.7. The molecule has 0 saturated carbocycles. The molecule has 0 amide bonds. The highest BCUT2D eigenvalue weighted by molar-refractivity contribution is 6.26. The molecule has 0 saturated heterocycles. The van der Waals surface area contributed by atoms with E-state index < -0.39 is 0 Å². The molecule has 16 aromatic rings. The highest BCUT2D eigenvalue weighted by atomic mass is 15.0. The molecule has 1 aromatic heterocycles. The summed E-state index contributed by atoms with van der Waals surface area (Å²) in [4.78, 5) is 0. The van der Waals surface area contributed by atoms with E-state index in [0.717, 1.165) is 12.8 Å². The van der Waals surface area contributed by atoms with E-state index in [0.29, 0.717) is 0 Å². The van der Waals surface area contributed by atoms with Crippen molar-refractivity contribution >= 4 is 86.4 Å². The third kappa shape index (κ3) is 7.55. The fourth-order valence-electron chi connectivity index (χ4n) is 14.9. The zero-order valence-corrected chi connectivity index (χ0v) is 47.2. The number of aromatic nitrogens is 1. The van der Waals surface area contributed by atoms with Crippen molar-refractivity contribution in [3.8, 4) is 61.3 Å². The highest BCUT2D eigenvalue weighted by Crippen LogP contribution is 2.55. The molecule has 15 aromatic carbocycles. The Morgan fingerprint density at radius 3 is 1.05 bits per heavy atom. The number of para-hydroxylation sites is 2. The first kappa shape index (κ1) is 49.5. The molecule has 1 aliphatic carbocycles. The minimum atomic E-state index is -0.0783. The van der Waals surface area contributed by atoms with Gasteiger partial charge >= 0.3 is 0 Å². The van der Waals surface area contributed by atoms with Crippen LogP contribution in [0.15, 0.2) is 297 Å². The van der Waals surface area contributed by atoms with E-state index in [1.807, 2.05) is 0 Å². The normalized spacial score (nSPS) is 12.6. The van der Waals surface area contributed by atoms with E-state index in [2.05, 4.69) is 316 Å². The Hall–Kier alpha value is -10.3. The van der Waals surface area contributed by atoms with Gasteiger partial charge in [-0.15, -0.1) is 0 Å². The van der Waals surface area contributed by atoms with Crippen LogP contribution in [0, 0.1) is 0 Å². The molecular formula is C83H59N. The number of hydrogen-bond acceptors (Lipinski definition) is 0. The van der Waals surface area contributed by atoms with Gasteiger partial charge in [0.15, 0.2) is 0 Å². The third-order valence-corrected chi connectivity index (χ3v) is 18.7. The lowest BCUT2D eigenvalue weighted by Crippen LogP contribution is -2.23. The molecule has 0 aliphatic heterocycles. The quantitative estimate of drug-likeness (QED) is 0.140. The van der Waals surface area contributed by atoms with Gasteiger partial charge in [-0.2, -0.15) is 0 Å². The minimum absolute atomic E-state index is 0.0783. The molecule has 1 heterocycles. The molecule has 396 valence electrons. The molecular weight excluding hydrogens is 1010 g/mol. The second-order valence-electron chi connectivity index (χ2n) is 22.8. The molecule has 1 aliphatic rings. The summed E-state index contributed by atoms with van der Waals surface area (Å²) < 4.78 is 2.46. The molecule has 0 spiro atoms. The van der Waals surface area contributed by atoms with Gasteiger partial charge in [-0.3, -0.25) is 0 Å². The van der Waals surface area contributed by atoms with Gasteiger partial charge in [-0.1, -0.05) is 281 Å². The summed E-state index contributed by atoms with van der Waals surface area (Å²) >= 11 is 0. The molecule has 0 atom stereocenters. The van der Waals surface area contributed by atoms with Crippen LogP contribution in [0.3, 0.4) is 0 Å². The van der Waals surface area contributed by atoms with Gasteiger partial charge in [-0.25, -0.2) is 0 Å². The Kier molecular flexibility index (Phi) is 11.8. The van der Waals surface area contributed by atoms with Gasteiger partial charge in [0.1, 0.15) is 0 Å². The maximum Gasteiger partial charge on any atom is 0.0541 e. The Labute approximate surface area is 490 Å². The number of hydrogen-bond donors (Lipinski definition) is 0. The average Bonchev–Trinajstić information content (AvgIpc) is 2.35. The predicted octanol–water partition coefficient (Wildman–Crippen LogP) is 23.1. The Balaban J connectivity index is 0.000000148. The van der Waals surface area contributed by atoms with Crippen LogP contribution in [0.4, 0.5) is 0 Å². The van der Waals surface area contributed by atoms with E-state index >= 15 is 0 Å². The van der Waals surface area contributed by atoms with Crippen molar-refractivity contribution in [2.75, 3.05) is 0 Å². The second-order valence-corrected chi connectivity index (χ2v) is 22.8. The van der Waals surface area contributed by atoms with Crippen molar-refractivity contribution in [3.05, 3.63) is 308 Å². The fourth-order valence-corrected chi connectivity index (χ4v) is 14.9. The minimum Gasteiger partial charge on any atom is -0.309 e. The van der Waals surface area contributed by atoms with Gasteiger partial charge < -0.3 is 4.57 Å². The number of benzene rings is 15. The lowest BCUT2D eigenvalue weighted by Gasteiger charge is -2.30. The highest BCUT2D eigenvalue weighted by Gasteiger charge is 2.41. The van der Waals surface area contributed by atoms with Crippen molar-refractivity contribution in [1.29, 1.82) is 0 Å². The molecule has 17 rings (SSSR count). The van der Waals surface area contributed by atoms with E-state index in [9.17, 15) is 0 Å². The van der Waals surface area contributed by atoms with Crippen molar-refractivity contribution < 1.29 is 0 Å². The van der Waals surface area contributed by atoms with Crippen LogP contribution in [0.5, 0.6) is 0 Å². The van der Waals surface area contributed by atoms with Crippen LogP contribution >= 0.6 is 0 Å². The first-order valence-corrected chi connectivity index (χ1v) is 29.8. The Bertz CT molecular complexity index is 4970. The van der Waals surface area contributed by atoms with Crippen LogP contribution in [-0.4, -0.2) is 4.57 Å². The van der Waals surface area contributed by atoms with E-state index in [1.165, 1.54) is 159 Å². The van der Waals surface area contributed by atoms with Gasteiger partial charge in [0, 0.05) is 21.9 Å². The van der Waals surface area contributed by atoms with Crippen LogP contribution in [0.25, 0.3) is 148 Å². The first-order chi connectivity index (χ1) is 41.6. The standard InChI is InChI=1S/C49H37N.C34H22/c1-3-49(4-2)43-30-33(48-41-22-10-8-20-39(41)47(32-16-6-5-7-17-32)40-21-9-11-23-42(40)48)26-28-35(43)36-29-27-34(31-44(36)49)50-45-24-14-12-18-37(45)38-19-13-15-25-46(38)50;1-3-15-25-23(11-1)13-9-21-27(25)33-29-17-5-7-19-31(29)34(32-20-8-6-18-30(32)33)28-22-10-14-24-12-2-4-16-26(24)28/h5-31H,3-4H2,1-2H3;1-22H. The zero-order chi connectivity index (χ0) is 55.9. The lowest BCUT2D eigenvalue weighted by molar-refractivity contribution is 0.490.